The van der Waals surface area contributed by atoms with Gasteiger partial charge in [0.25, 0.3) is 0 Å². The second kappa shape index (κ2) is 6.73. The quantitative estimate of drug-likeness (QED) is 0.850. The van der Waals surface area contributed by atoms with Crippen molar-refractivity contribution in [3.8, 4) is 17.2 Å². The highest BCUT2D eigenvalue weighted by atomic mass is 16.6. The number of benzene rings is 1. The molecule has 0 spiro atoms. The first kappa shape index (κ1) is 16.2. The average Bonchev–Trinajstić information content (AvgIpc) is 2.51. The van der Waals surface area contributed by atoms with E-state index in [0.717, 1.165) is 12.0 Å². The number of carbonyl (C=O) groups excluding carboxylic acids is 1. The van der Waals surface area contributed by atoms with Crippen LogP contribution in [0.5, 0.6) is 17.2 Å². The highest BCUT2D eigenvalue weighted by Crippen LogP contribution is 2.40. The van der Waals surface area contributed by atoms with Crippen molar-refractivity contribution in [2.45, 2.75) is 32.7 Å². The first-order valence-corrected chi connectivity index (χ1v) is 7.43. The molecule has 0 atom stereocenters. The monoisotopic (exact) mass is 305 g/mol. The summed E-state index contributed by atoms with van der Waals surface area (Å²) in [5.74, 6) is 1.73. The zero-order valence-corrected chi connectivity index (χ0v) is 13.6. The van der Waals surface area contributed by atoms with Crippen LogP contribution < -0.4 is 19.5 Å². The summed E-state index contributed by atoms with van der Waals surface area (Å²) in [6, 6.07) is 3.66. The number of methoxy groups -OCH3 is 1. The third-order valence-corrected chi connectivity index (χ3v) is 3.62. The van der Waals surface area contributed by atoms with Gasteiger partial charge in [0.2, 0.25) is 11.7 Å². The number of rotatable bonds is 5. The molecule has 1 amide bonds. The molecule has 1 heterocycles. The lowest BCUT2D eigenvalue weighted by Gasteiger charge is -2.23. The molecule has 0 saturated heterocycles. The Labute approximate surface area is 131 Å². The van der Waals surface area contributed by atoms with Crippen LogP contribution in [0.25, 0.3) is 6.08 Å². The molecule has 0 fully saturated rings. The normalized spacial score (nSPS) is 14.0. The number of nitrogens with one attached hydrogen (secondary N) is 1. The van der Waals surface area contributed by atoms with Crippen molar-refractivity contribution in [2.24, 2.45) is 0 Å². The van der Waals surface area contributed by atoms with Crippen molar-refractivity contribution in [1.29, 1.82) is 0 Å². The Morgan fingerprint density at radius 1 is 1.36 bits per heavy atom. The van der Waals surface area contributed by atoms with Gasteiger partial charge in [-0.3, -0.25) is 4.79 Å². The van der Waals surface area contributed by atoms with Crippen molar-refractivity contribution < 1.29 is 19.0 Å². The van der Waals surface area contributed by atoms with Crippen LogP contribution >= 0.6 is 0 Å². The van der Waals surface area contributed by atoms with Crippen molar-refractivity contribution in [2.75, 3.05) is 20.3 Å². The molecule has 22 heavy (non-hydrogen) atoms. The number of hydrogen-bond donors (Lipinski definition) is 1. The van der Waals surface area contributed by atoms with Crippen molar-refractivity contribution in [3.05, 3.63) is 23.8 Å². The summed E-state index contributed by atoms with van der Waals surface area (Å²) in [7, 11) is 1.58. The number of amides is 1. The van der Waals surface area contributed by atoms with E-state index >= 15 is 0 Å². The highest BCUT2D eigenvalue weighted by Gasteiger charge is 2.18. The standard InChI is InChI=1S/C17H23NO4/c1-5-17(2,3)18-15(19)7-6-12-10-13(20-4)16-14(11-12)21-8-9-22-16/h6-7,10-11H,5,8-9H2,1-4H3,(H,18,19)/b7-6+. The van der Waals surface area contributed by atoms with Crippen LogP contribution in [-0.4, -0.2) is 31.8 Å². The Balaban J connectivity index is 2.16. The highest BCUT2D eigenvalue weighted by molar-refractivity contribution is 5.92. The van der Waals surface area contributed by atoms with E-state index < -0.39 is 0 Å². The van der Waals surface area contributed by atoms with E-state index in [0.29, 0.717) is 30.5 Å². The molecule has 5 nitrogen and oxygen atoms in total. The summed E-state index contributed by atoms with van der Waals surface area (Å²) in [6.45, 7) is 7.04. The van der Waals surface area contributed by atoms with Crippen LogP contribution in [-0.2, 0) is 4.79 Å². The van der Waals surface area contributed by atoms with Crippen LogP contribution in [0.2, 0.25) is 0 Å². The zero-order chi connectivity index (χ0) is 16.2. The molecule has 5 heteroatoms. The molecule has 1 aliphatic heterocycles. The summed E-state index contributed by atoms with van der Waals surface area (Å²) in [4.78, 5) is 11.9. The second-order valence-electron chi connectivity index (χ2n) is 5.81. The predicted molar refractivity (Wildman–Crippen MR) is 85.5 cm³/mol. The van der Waals surface area contributed by atoms with Gasteiger partial charge < -0.3 is 19.5 Å². The molecular formula is C17H23NO4. The first-order chi connectivity index (χ1) is 10.4. The molecule has 0 aliphatic carbocycles. The Hall–Kier alpha value is -2.17. The van der Waals surface area contributed by atoms with Crippen LogP contribution in [0.1, 0.15) is 32.8 Å². The van der Waals surface area contributed by atoms with Crippen molar-refractivity contribution >= 4 is 12.0 Å². The van der Waals surface area contributed by atoms with Gasteiger partial charge in [0.05, 0.1) is 7.11 Å². The number of ether oxygens (including phenoxy) is 3. The Bertz CT molecular complexity index is 561. The molecule has 120 valence electrons. The fraction of sp³-hybridized carbons (Fsp3) is 0.471. The summed E-state index contributed by atoms with van der Waals surface area (Å²) in [6.07, 6.45) is 4.12. The molecule has 0 bridgehead atoms. The SMILES string of the molecule is CCC(C)(C)NC(=O)/C=C/c1cc(OC)c2c(c1)OCCO2. The fourth-order valence-corrected chi connectivity index (χ4v) is 2.03. The third-order valence-electron chi connectivity index (χ3n) is 3.62. The van der Waals surface area contributed by atoms with Gasteiger partial charge in [-0.1, -0.05) is 6.92 Å². The second-order valence-corrected chi connectivity index (χ2v) is 5.81. The topological polar surface area (TPSA) is 56.8 Å². The smallest absolute Gasteiger partial charge is 0.244 e. The molecular weight excluding hydrogens is 282 g/mol. The van der Waals surface area contributed by atoms with Gasteiger partial charge in [-0.2, -0.15) is 0 Å². The van der Waals surface area contributed by atoms with Crippen LogP contribution in [0.3, 0.4) is 0 Å². The minimum Gasteiger partial charge on any atom is -0.493 e. The summed E-state index contributed by atoms with van der Waals surface area (Å²) in [5, 5.41) is 2.95. The predicted octanol–water partition coefficient (Wildman–Crippen LogP) is 2.78. The number of fused-ring (bicyclic) bond motifs is 1. The van der Waals surface area contributed by atoms with E-state index in [1.54, 1.807) is 13.2 Å². The Morgan fingerprint density at radius 3 is 2.77 bits per heavy atom. The van der Waals surface area contributed by atoms with Crippen molar-refractivity contribution in [3.63, 3.8) is 0 Å². The van der Waals surface area contributed by atoms with E-state index in [-0.39, 0.29) is 11.4 Å². The summed E-state index contributed by atoms with van der Waals surface area (Å²) < 4.78 is 16.4. The summed E-state index contributed by atoms with van der Waals surface area (Å²) >= 11 is 0. The maximum atomic E-state index is 11.9. The maximum Gasteiger partial charge on any atom is 0.244 e. The zero-order valence-electron chi connectivity index (χ0n) is 13.6. The van der Waals surface area contributed by atoms with Gasteiger partial charge >= 0.3 is 0 Å². The third kappa shape index (κ3) is 3.93. The van der Waals surface area contributed by atoms with E-state index in [4.69, 9.17) is 14.2 Å². The van der Waals surface area contributed by atoms with Crippen LogP contribution in [0, 0.1) is 0 Å². The van der Waals surface area contributed by atoms with Crippen molar-refractivity contribution in [1.82, 2.24) is 5.32 Å². The van der Waals surface area contributed by atoms with Gasteiger partial charge in [-0.15, -0.1) is 0 Å². The molecule has 1 N–H and O–H groups in total. The molecule has 0 radical (unpaired) electrons. The van der Waals surface area contributed by atoms with Gasteiger partial charge in [-0.05, 0) is 44.0 Å². The molecule has 1 aromatic rings. The largest absolute Gasteiger partial charge is 0.493 e. The Morgan fingerprint density at radius 2 is 2.09 bits per heavy atom. The number of carbonyl (C=O) groups is 1. The van der Waals surface area contributed by atoms with Crippen LogP contribution in [0.4, 0.5) is 0 Å². The molecule has 0 unspecified atom stereocenters. The average molecular weight is 305 g/mol. The molecule has 2 rings (SSSR count). The first-order valence-electron chi connectivity index (χ1n) is 7.43. The lowest BCUT2D eigenvalue weighted by Crippen LogP contribution is -2.41. The molecule has 1 aliphatic rings. The van der Waals surface area contributed by atoms with Gasteiger partial charge in [0.1, 0.15) is 13.2 Å². The van der Waals surface area contributed by atoms with Gasteiger partial charge in [0, 0.05) is 11.6 Å². The van der Waals surface area contributed by atoms with Gasteiger partial charge in [0.15, 0.2) is 11.5 Å². The lowest BCUT2D eigenvalue weighted by atomic mass is 10.0. The molecule has 1 aromatic carbocycles. The minimum atomic E-state index is -0.216. The van der Waals surface area contributed by atoms with E-state index in [1.807, 2.05) is 32.9 Å². The fourth-order valence-electron chi connectivity index (χ4n) is 2.03. The van der Waals surface area contributed by atoms with Gasteiger partial charge in [-0.25, -0.2) is 0 Å². The maximum absolute atomic E-state index is 11.9. The van der Waals surface area contributed by atoms with E-state index in [9.17, 15) is 4.79 Å². The lowest BCUT2D eigenvalue weighted by molar-refractivity contribution is -0.117. The minimum absolute atomic E-state index is 0.124. The number of hydrogen-bond acceptors (Lipinski definition) is 4. The van der Waals surface area contributed by atoms with E-state index in [2.05, 4.69) is 5.32 Å². The van der Waals surface area contributed by atoms with E-state index in [1.165, 1.54) is 6.08 Å². The Kier molecular flexibility index (Phi) is 4.96. The summed E-state index contributed by atoms with van der Waals surface area (Å²) in [5.41, 5.74) is 0.608. The molecule has 0 saturated carbocycles. The van der Waals surface area contributed by atoms with Crippen LogP contribution in [0.15, 0.2) is 18.2 Å². The molecule has 0 aromatic heterocycles.